The van der Waals surface area contributed by atoms with Crippen LogP contribution in [-0.4, -0.2) is 6.54 Å². The van der Waals surface area contributed by atoms with Crippen LogP contribution in [-0.2, 0) is 19.5 Å². The van der Waals surface area contributed by atoms with Gasteiger partial charge in [0.15, 0.2) is 0 Å². The molecule has 3 rings (SSSR count). The van der Waals surface area contributed by atoms with Crippen molar-refractivity contribution in [2.75, 3.05) is 11.4 Å². The molecule has 0 saturated carbocycles. The van der Waals surface area contributed by atoms with Crippen molar-refractivity contribution in [1.29, 1.82) is 0 Å². The van der Waals surface area contributed by atoms with Gasteiger partial charge in [0, 0.05) is 34.7 Å². The van der Waals surface area contributed by atoms with Crippen LogP contribution in [0.5, 0.6) is 0 Å². The third-order valence-corrected chi connectivity index (χ3v) is 4.83. The lowest BCUT2D eigenvalue weighted by Crippen LogP contribution is -2.29. The van der Waals surface area contributed by atoms with Gasteiger partial charge in [-0.25, -0.2) is 0 Å². The standard InChI is InChI=1S/C14H15BrN2S/c15-12-5-10(8-16)6-13(7-12)17-3-1-14-11(9-17)2-4-18-14/h2,4-7H,1,3,8-9,16H2. The van der Waals surface area contributed by atoms with E-state index >= 15 is 0 Å². The molecule has 0 bridgehead atoms. The van der Waals surface area contributed by atoms with E-state index in [1.807, 2.05) is 11.3 Å². The van der Waals surface area contributed by atoms with Gasteiger partial charge in [0.2, 0.25) is 0 Å². The number of fused-ring (bicyclic) bond motifs is 1. The Morgan fingerprint density at radius 1 is 1.33 bits per heavy atom. The fourth-order valence-corrected chi connectivity index (χ4v) is 3.82. The summed E-state index contributed by atoms with van der Waals surface area (Å²) in [4.78, 5) is 3.97. The number of benzene rings is 1. The fourth-order valence-electron chi connectivity index (χ4n) is 2.40. The van der Waals surface area contributed by atoms with Gasteiger partial charge in [-0.15, -0.1) is 11.3 Å². The summed E-state index contributed by atoms with van der Waals surface area (Å²) in [7, 11) is 0. The Morgan fingerprint density at radius 2 is 2.22 bits per heavy atom. The maximum absolute atomic E-state index is 5.74. The molecule has 0 radical (unpaired) electrons. The maximum atomic E-state index is 5.74. The molecule has 2 N–H and O–H groups in total. The van der Waals surface area contributed by atoms with Gasteiger partial charge in [-0.05, 0) is 47.2 Å². The molecule has 1 aromatic carbocycles. The minimum atomic E-state index is 0.587. The Balaban J connectivity index is 1.90. The van der Waals surface area contributed by atoms with E-state index < -0.39 is 0 Å². The number of thiophene rings is 1. The van der Waals surface area contributed by atoms with Gasteiger partial charge in [0.25, 0.3) is 0 Å². The molecule has 1 aliphatic rings. The zero-order valence-corrected chi connectivity index (χ0v) is 12.4. The van der Waals surface area contributed by atoms with E-state index in [4.69, 9.17) is 5.73 Å². The molecule has 0 saturated heterocycles. The van der Waals surface area contributed by atoms with Gasteiger partial charge < -0.3 is 10.6 Å². The Labute approximate surface area is 120 Å². The first-order valence-corrected chi connectivity index (χ1v) is 7.73. The van der Waals surface area contributed by atoms with Gasteiger partial charge in [-0.3, -0.25) is 0 Å². The number of anilines is 1. The third-order valence-electron chi connectivity index (χ3n) is 3.35. The molecule has 0 amide bonds. The van der Waals surface area contributed by atoms with Crippen molar-refractivity contribution < 1.29 is 0 Å². The number of hydrogen-bond donors (Lipinski definition) is 1. The van der Waals surface area contributed by atoms with Crippen LogP contribution in [0.1, 0.15) is 16.0 Å². The molecule has 2 aromatic rings. The van der Waals surface area contributed by atoms with Crippen LogP contribution in [0, 0.1) is 0 Å². The van der Waals surface area contributed by atoms with Crippen LogP contribution in [0.4, 0.5) is 5.69 Å². The summed E-state index contributed by atoms with van der Waals surface area (Å²) in [6.07, 6.45) is 1.15. The van der Waals surface area contributed by atoms with Crippen molar-refractivity contribution >= 4 is 33.0 Å². The number of rotatable bonds is 2. The number of nitrogens with zero attached hydrogens (tertiary/aromatic N) is 1. The third kappa shape index (κ3) is 2.32. The van der Waals surface area contributed by atoms with Gasteiger partial charge in [0.05, 0.1) is 0 Å². The van der Waals surface area contributed by atoms with Crippen molar-refractivity contribution in [1.82, 2.24) is 0 Å². The SMILES string of the molecule is NCc1cc(Br)cc(N2CCc3sccc3C2)c1. The van der Waals surface area contributed by atoms with Crippen LogP contribution in [0.3, 0.4) is 0 Å². The van der Waals surface area contributed by atoms with Crippen LogP contribution in [0.25, 0.3) is 0 Å². The molecule has 0 aliphatic carbocycles. The van der Waals surface area contributed by atoms with E-state index in [1.54, 1.807) is 4.88 Å². The zero-order valence-electron chi connectivity index (χ0n) is 10.0. The quantitative estimate of drug-likeness (QED) is 0.916. The second-order valence-electron chi connectivity index (χ2n) is 4.56. The molecule has 94 valence electrons. The molecular formula is C14H15BrN2S. The maximum Gasteiger partial charge on any atom is 0.0440 e. The predicted octanol–water partition coefficient (Wildman–Crippen LogP) is 3.53. The van der Waals surface area contributed by atoms with Gasteiger partial charge >= 0.3 is 0 Å². The summed E-state index contributed by atoms with van der Waals surface area (Å²) in [6.45, 7) is 2.69. The first-order chi connectivity index (χ1) is 8.76. The van der Waals surface area contributed by atoms with E-state index in [0.717, 1.165) is 24.0 Å². The number of nitrogens with two attached hydrogens (primary N) is 1. The highest BCUT2D eigenvalue weighted by Crippen LogP contribution is 2.30. The lowest BCUT2D eigenvalue weighted by atomic mass is 10.1. The molecule has 0 unspecified atom stereocenters. The Hall–Kier alpha value is -0.840. The van der Waals surface area contributed by atoms with Crippen molar-refractivity contribution in [2.24, 2.45) is 5.73 Å². The summed E-state index contributed by atoms with van der Waals surface area (Å²) in [5, 5.41) is 2.19. The molecule has 2 heterocycles. The van der Waals surface area contributed by atoms with Crippen LogP contribution >= 0.6 is 27.3 Å². The number of halogens is 1. The Kier molecular flexibility index (Phi) is 3.41. The van der Waals surface area contributed by atoms with E-state index in [0.29, 0.717) is 6.54 Å². The highest BCUT2D eigenvalue weighted by atomic mass is 79.9. The first kappa shape index (κ1) is 12.2. The monoisotopic (exact) mass is 322 g/mol. The van der Waals surface area contributed by atoms with Crippen molar-refractivity contribution in [2.45, 2.75) is 19.5 Å². The summed E-state index contributed by atoms with van der Waals surface area (Å²) >= 11 is 5.44. The second kappa shape index (κ2) is 5.03. The molecule has 0 fully saturated rings. The largest absolute Gasteiger partial charge is 0.367 e. The van der Waals surface area contributed by atoms with Gasteiger partial charge in [0.1, 0.15) is 0 Å². The second-order valence-corrected chi connectivity index (χ2v) is 6.48. The minimum absolute atomic E-state index is 0.587. The highest BCUT2D eigenvalue weighted by Gasteiger charge is 2.17. The smallest absolute Gasteiger partial charge is 0.0440 e. The molecular weight excluding hydrogens is 308 g/mol. The van der Waals surface area contributed by atoms with Crippen LogP contribution in [0.2, 0.25) is 0 Å². The summed E-state index contributed by atoms with van der Waals surface area (Å²) < 4.78 is 1.11. The summed E-state index contributed by atoms with van der Waals surface area (Å²) in [6, 6.07) is 8.70. The predicted molar refractivity (Wildman–Crippen MR) is 81.1 cm³/mol. The molecule has 1 aliphatic heterocycles. The van der Waals surface area contributed by atoms with E-state index in [2.05, 4.69) is 50.5 Å². The lowest BCUT2D eigenvalue weighted by Gasteiger charge is -2.29. The van der Waals surface area contributed by atoms with E-state index in [-0.39, 0.29) is 0 Å². The summed E-state index contributed by atoms with van der Waals surface area (Å²) in [5.41, 5.74) is 9.65. The van der Waals surface area contributed by atoms with Gasteiger partial charge in [-0.2, -0.15) is 0 Å². The van der Waals surface area contributed by atoms with Crippen LogP contribution in [0.15, 0.2) is 34.1 Å². The Morgan fingerprint density at radius 3 is 3.06 bits per heavy atom. The number of hydrogen-bond acceptors (Lipinski definition) is 3. The average molecular weight is 323 g/mol. The van der Waals surface area contributed by atoms with Crippen molar-refractivity contribution in [3.8, 4) is 0 Å². The minimum Gasteiger partial charge on any atom is -0.367 e. The first-order valence-electron chi connectivity index (χ1n) is 6.06. The molecule has 4 heteroatoms. The zero-order chi connectivity index (χ0) is 12.5. The van der Waals surface area contributed by atoms with Crippen molar-refractivity contribution in [3.05, 3.63) is 50.1 Å². The molecule has 2 nitrogen and oxygen atoms in total. The highest BCUT2D eigenvalue weighted by molar-refractivity contribution is 9.10. The van der Waals surface area contributed by atoms with Gasteiger partial charge in [-0.1, -0.05) is 15.9 Å². The summed E-state index contributed by atoms with van der Waals surface area (Å²) in [5.74, 6) is 0. The van der Waals surface area contributed by atoms with E-state index in [9.17, 15) is 0 Å². The van der Waals surface area contributed by atoms with Crippen LogP contribution < -0.4 is 10.6 Å². The molecule has 18 heavy (non-hydrogen) atoms. The topological polar surface area (TPSA) is 29.3 Å². The fraction of sp³-hybridized carbons (Fsp3) is 0.286. The molecule has 1 aromatic heterocycles. The average Bonchev–Trinajstić information content (AvgIpc) is 2.85. The molecule has 0 atom stereocenters. The Bertz CT molecular complexity index is 565. The van der Waals surface area contributed by atoms with E-state index in [1.165, 1.54) is 16.8 Å². The normalized spacial score (nSPS) is 14.7. The van der Waals surface area contributed by atoms with Crippen molar-refractivity contribution in [3.63, 3.8) is 0 Å². The molecule has 0 spiro atoms. The lowest BCUT2D eigenvalue weighted by molar-refractivity contribution is 0.743.